The highest BCUT2D eigenvalue weighted by molar-refractivity contribution is 5.91. The molecule has 12 rings (SSSR count). The monoisotopic (exact) mass is 778 g/mol. The Balaban J connectivity index is 1.06. The number of hydrogen-bond donors (Lipinski definition) is 0. The van der Waals surface area contributed by atoms with Crippen molar-refractivity contribution in [2.45, 2.75) is 76.7 Å². The van der Waals surface area contributed by atoms with E-state index in [-0.39, 0.29) is 24.3 Å². The molecule has 58 heavy (non-hydrogen) atoms. The molecule has 6 aromatic rings. The van der Waals surface area contributed by atoms with Crippen molar-refractivity contribution in [1.29, 1.82) is 0 Å². The van der Waals surface area contributed by atoms with Gasteiger partial charge in [-0.15, -0.1) is 10.2 Å². The van der Waals surface area contributed by atoms with E-state index in [1.807, 2.05) is 36.7 Å². The van der Waals surface area contributed by atoms with Crippen LogP contribution >= 0.6 is 0 Å². The molecule has 0 spiro atoms. The smallest absolute Gasteiger partial charge is 0.242 e. The number of benzene rings is 3. The standard InChI is InChI=1S/C48H54N6O4/c1-5-29-27-53-21-17-31(29)23-43(53)45(35-15-19-49-41-13-11-33(55-3)25-39(35)41)57-47-37-9-7-8-10-38(37)48(52-51-47)58-46(44-24-32-18-22-54(44)28-30(32)6-2)36-16-20-50-42-14-12-34(56-4)26-40(36)42/h7-16,19-20,25-26,29-32,43-46H,5-6,17-18,21-24,27-28H2,1-4H3/t29-,30+,31?,32?,43-,44?,45-,46-/m1/s1. The van der Waals surface area contributed by atoms with Crippen molar-refractivity contribution in [3.8, 4) is 23.3 Å². The van der Waals surface area contributed by atoms with E-state index in [2.05, 4.69) is 72.2 Å². The highest BCUT2D eigenvalue weighted by Crippen LogP contribution is 2.47. The molecule has 6 aliphatic heterocycles. The molecule has 6 aliphatic rings. The molecule has 3 aromatic carbocycles. The Kier molecular flexibility index (Phi) is 10.0. The zero-order valence-corrected chi connectivity index (χ0v) is 34.1. The highest BCUT2D eigenvalue weighted by atomic mass is 16.5. The first-order chi connectivity index (χ1) is 28.5. The van der Waals surface area contributed by atoms with Crippen molar-refractivity contribution in [2.24, 2.45) is 23.7 Å². The number of aromatic nitrogens is 4. The lowest BCUT2D eigenvalue weighted by atomic mass is 9.72. The quantitative estimate of drug-likeness (QED) is 0.120. The Morgan fingerprint density at radius 3 is 1.47 bits per heavy atom. The van der Waals surface area contributed by atoms with Gasteiger partial charge in [-0.25, -0.2) is 0 Å². The third-order valence-corrected chi connectivity index (χ3v) is 14.3. The number of fused-ring (bicyclic) bond motifs is 9. The molecule has 4 bridgehead atoms. The molecule has 0 N–H and O–H groups in total. The van der Waals surface area contributed by atoms with Gasteiger partial charge in [-0.05, 0) is 123 Å². The molecule has 6 fully saturated rings. The molecule has 0 saturated carbocycles. The number of piperidine rings is 6. The summed E-state index contributed by atoms with van der Waals surface area (Å²) in [4.78, 5) is 14.8. The average Bonchev–Trinajstić information content (AvgIpc) is 3.29. The van der Waals surface area contributed by atoms with Gasteiger partial charge in [0.1, 0.15) is 23.7 Å². The summed E-state index contributed by atoms with van der Waals surface area (Å²) in [6.07, 6.45) is 10.2. The maximum absolute atomic E-state index is 7.30. The molecule has 5 unspecified atom stereocenters. The zero-order valence-electron chi connectivity index (χ0n) is 34.1. The third kappa shape index (κ3) is 6.58. The summed E-state index contributed by atoms with van der Waals surface area (Å²) in [6.45, 7) is 9.00. The Hall–Kier alpha value is -5.06. The van der Waals surface area contributed by atoms with Gasteiger partial charge in [0.05, 0.1) is 48.1 Å². The molecule has 0 radical (unpaired) electrons. The van der Waals surface area contributed by atoms with Crippen LogP contribution in [-0.2, 0) is 0 Å². The molecule has 9 heterocycles. The minimum Gasteiger partial charge on any atom is -0.497 e. The van der Waals surface area contributed by atoms with Crippen LogP contribution in [0.1, 0.15) is 75.7 Å². The van der Waals surface area contributed by atoms with Gasteiger partial charge in [0.15, 0.2) is 0 Å². The van der Waals surface area contributed by atoms with Crippen molar-refractivity contribution in [3.63, 3.8) is 0 Å². The lowest BCUT2D eigenvalue weighted by Crippen LogP contribution is -2.56. The van der Waals surface area contributed by atoms with E-state index >= 15 is 0 Å². The fourth-order valence-corrected chi connectivity index (χ4v) is 11.1. The van der Waals surface area contributed by atoms with Crippen LogP contribution in [0.4, 0.5) is 0 Å². The molecule has 3 aromatic heterocycles. The van der Waals surface area contributed by atoms with E-state index in [0.29, 0.717) is 35.4 Å². The first-order valence-electron chi connectivity index (χ1n) is 21.5. The number of hydrogen-bond acceptors (Lipinski definition) is 10. The van der Waals surface area contributed by atoms with E-state index < -0.39 is 0 Å². The van der Waals surface area contributed by atoms with Gasteiger partial charge in [-0.3, -0.25) is 19.8 Å². The molecule has 0 amide bonds. The van der Waals surface area contributed by atoms with Crippen molar-refractivity contribution in [2.75, 3.05) is 40.4 Å². The first kappa shape index (κ1) is 37.2. The van der Waals surface area contributed by atoms with Crippen LogP contribution in [0.25, 0.3) is 32.6 Å². The second kappa shape index (κ2) is 15.6. The van der Waals surface area contributed by atoms with Gasteiger partial charge >= 0.3 is 0 Å². The van der Waals surface area contributed by atoms with Gasteiger partial charge in [0.25, 0.3) is 0 Å². The summed E-state index contributed by atoms with van der Waals surface area (Å²) < 4.78 is 26.0. The van der Waals surface area contributed by atoms with Crippen LogP contribution in [0.3, 0.4) is 0 Å². The largest absolute Gasteiger partial charge is 0.497 e. The number of pyridine rings is 2. The second-order valence-corrected chi connectivity index (χ2v) is 17.0. The minimum absolute atomic E-state index is 0.180. The van der Waals surface area contributed by atoms with E-state index in [1.165, 1.54) is 25.7 Å². The molecule has 0 aliphatic carbocycles. The van der Waals surface area contributed by atoms with Crippen LogP contribution in [0.2, 0.25) is 0 Å². The Labute approximate surface area is 340 Å². The van der Waals surface area contributed by atoms with Gasteiger partial charge in [0, 0.05) is 47.4 Å². The van der Waals surface area contributed by atoms with Crippen molar-refractivity contribution < 1.29 is 18.9 Å². The van der Waals surface area contributed by atoms with Crippen LogP contribution in [0.15, 0.2) is 85.2 Å². The van der Waals surface area contributed by atoms with Crippen LogP contribution in [0, 0.1) is 23.7 Å². The molecule has 300 valence electrons. The normalized spacial score (nSPS) is 27.4. The third-order valence-electron chi connectivity index (χ3n) is 14.3. The number of ether oxygens (including phenoxy) is 4. The van der Waals surface area contributed by atoms with Crippen molar-refractivity contribution in [1.82, 2.24) is 30.0 Å². The summed E-state index contributed by atoms with van der Waals surface area (Å²) in [5.41, 5.74) is 4.01. The maximum atomic E-state index is 7.30. The summed E-state index contributed by atoms with van der Waals surface area (Å²) in [6, 6.07) is 25.1. The van der Waals surface area contributed by atoms with E-state index in [4.69, 9.17) is 39.1 Å². The topological polar surface area (TPSA) is 95.0 Å². The van der Waals surface area contributed by atoms with Crippen molar-refractivity contribution >= 4 is 32.6 Å². The summed E-state index contributed by atoms with van der Waals surface area (Å²) >= 11 is 0. The Morgan fingerprint density at radius 1 is 0.603 bits per heavy atom. The zero-order chi connectivity index (χ0) is 39.3. The van der Waals surface area contributed by atoms with Gasteiger partial charge in [-0.1, -0.05) is 38.8 Å². The number of rotatable bonds is 12. The molecule has 10 nitrogen and oxygen atoms in total. The molecule has 6 saturated heterocycles. The number of methoxy groups -OCH3 is 2. The van der Waals surface area contributed by atoms with E-state index in [0.717, 1.165) is 94.2 Å². The first-order valence-corrected chi connectivity index (χ1v) is 21.5. The fraction of sp³-hybridized carbons (Fsp3) is 0.458. The van der Waals surface area contributed by atoms with Gasteiger partial charge < -0.3 is 18.9 Å². The molecule has 10 heteroatoms. The minimum atomic E-state index is -0.300. The summed E-state index contributed by atoms with van der Waals surface area (Å²) in [5.74, 6) is 5.39. The van der Waals surface area contributed by atoms with Gasteiger partial charge in [0.2, 0.25) is 11.8 Å². The summed E-state index contributed by atoms with van der Waals surface area (Å²) in [7, 11) is 3.42. The predicted octanol–water partition coefficient (Wildman–Crippen LogP) is 9.22. The van der Waals surface area contributed by atoms with Crippen LogP contribution < -0.4 is 18.9 Å². The maximum Gasteiger partial charge on any atom is 0.242 e. The van der Waals surface area contributed by atoms with E-state index in [1.54, 1.807) is 14.2 Å². The molecular formula is C48H54N6O4. The summed E-state index contributed by atoms with van der Waals surface area (Å²) in [5, 5.41) is 13.7. The SMILES string of the molecule is CC[C@@H]1CN2CCC1C[C@@H]2[C@H](Oc1nnc(O[C@H](c2ccnc3ccc(OC)cc23)C2CC3CCN2C[C@@H]3CC)c2ccccc12)c1ccnc2ccc(OC)cc12. The average molecular weight is 779 g/mol. The second-order valence-electron chi connectivity index (χ2n) is 17.0. The highest BCUT2D eigenvalue weighted by Gasteiger charge is 2.46. The number of nitrogens with zero attached hydrogens (tertiary/aromatic N) is 6. The fourth-order valence-electron chi connectivity index (χ4n) is 11.1. The van der Waals surface area contributed by atoms with Gasteiger partial charge in [-0.2, -0.15) is 0 Å². The Bertz CT molecular complexity index is 2280. The predicted molar refractivity (Wildman–Crippen MR) is 227 cm³/mol. The van der Waals surface area contributed by atoms with Crippen LogP contribution in [-0.4, -0.2) is 82.4 Å². The van der Waals surface area contributed by atoms with Crippen molar-refractivity contribution in [3.05, 3.63) is 96.3 Å². The molecular weight excluding hydrogens is 725 g/mol. The van der Waals surface area contributed by atoms with Crippen LogP contribution in [0.5, 0.6) is 23.3 Å². The lowest BCUT2D eigenvalue weighted by Gasteiger charge is -2.52. The lowest BCUT2D eigenvalue weighted by molar-refractivity contribution is -0.0505. The Morgan fingerprint density at radius 2 is 1.07 bits per heavy atom. The molecule has 10 atom stereocenters. The van der Waals surface area contributed by atoms with E-state index in [9.17, 15) is 0 Å².